The summed E-state index contributed by atoms with van der Waals surface area (Å²) in [4.78, 5) is 24.1. The molecule has 0 aliphatic carbocycles. The summed E-state index contributed by atoms with van der Waals surface area (Å²) in [6.45, 7) is 0. The normalized spacial score (nSPS) is 11.9. The zero-order chi connectivity index (χ0) is 19.9. The van der Waals surface area contributed by atoms with Crippen molar-refractivity contribution in [3.63, 3.8) is 0 Å². The van der Waals surface area contributed by atoms with E-state index in [0.717, 1.165) is 22.7 Å². The van der Waals surface area contributed by atoms with Crippen molar-refractivity contribution in [3.05, 3.63) is 81.1 Å². The van der Waals surface area contributed by atoms with Crippen molar-refractivity contribution in [2.45, 2.75) is 12.6 Å². The van der Waals surface area contributed by atoms with Gasteiger partial charge in [0.15, 0.2) is 0 Å². The highest BCUT2D eigenvalue weighted by Crippen LogP contribution is 2.35. The van der Waals surface area contributed by atoms with Crippen molar-refractivity contribution >= 4 is 33.2 Å². The lowest BCUT2D eigenvalue weighted by Gasteiger charge is -2.06. The predicted molar refractivity (Wildman–Crippen MR) is 103 cm³/mol. The molecule has 142 valence electrons. The Kier molecular flexibility index (Phi) is 4.68. The second-order valence-corrected chi connectivity index (χ2v) is 7.49. The lowest BCUT2D eigenvalue weighted by atomic mass is 10.2. The zero-order valence-electron chi connectivity index (χ0n) is 14.0. The third-order valence-electron chi connectivity index (χ3n) is 4.07. The van der Waals surface area contributed by atoms with E-state index in [1.54, 1.807) is 12.1 Å². The number of H-pyrrole nitrogens is 1. The molecule has 0 bridgehead atoms. The number of halogens is 4. The molecular weight excluding hydrogens is 411 g/mol. The summed E-state index contributed by atoms with van der Waals surface area (Å²) in [5.74, 6) is 0.327. The van der Waals surface area contributed by atoms with E-state index in [1.807, 2.05) is 18.2 Å². The Morgan fingerprint density at radius 1 is 1.14 bits per heavy atom. The Hall–Kier alpha value is -2.71. The third-order valence-corrected chi connectivity index (χ3v) is 5.56. The van der Waals surface area contributed by atoms with E-state index < -0.39 is 11.7 Å². The minimum absolute atomic E-state index is 0.112. The Labute approximate surface area is 165 Å². The maximum absolute atomic E-state index is 12.6. The van der Waals surface area contributed by atoms with Crippen molar-refractivity contribution in [1.29, 1.82) is 0 Å². The molecule has 3 heterocycles. The molecule has 0 saturated heterocycles. The maximum Gasteiger partial charge on any atom is 0.417 e. The van der Waals surface area contributed by atoms with Crippen LogP contribution < -0.4 is 5.56 Å². The summed E-state index contributed by atoms with van der Waals surface area (Å²) in [6.07, 6.45) is -3.56. The van der Waals surface area contributed by atoms with E-state index in [-0.39, 0.29) is 12.0 Å². The van der Waals surface area contributed by atoms with E-state index in [4.69, 9.17) is 11.6 Å². The molecule has 0 atom stereocenters. The molecule has 4 aromatic rings. The van der Waals surface area contributed by atoms with Crippen LogP contribution in [0.2, 0.25) is 5.02 Å². The zero-order valence-corrected chi connectivity index (χ0v) is 15.6. The average Bonchev–Trinajstić information content (AvgIpc) is 3.06. The van der Waals surface area contributed by atoms with E-state index >= 15 is 0 Å². The molecule has 4 nitrogen and oxygen atoms in total. The molecule has 0 amide bonds. The fourth-order valence-corrected chi connectivity index (χ4v) is 4.06. The van der Waals surface area contributed by atoms with Gasteiger partial charge in [-0.05, 0) is 24.3 Å². The molecule has 28 heavy (non-hydrogen) atoms. The van der Waals surface area contributed by atoms with Crippen molar-refractivity contribution in [3.8, 4) is 10.4 Å². The number of benzene rings is 1. The van der Waals surface area contributed by atoms with E-state index in [2.05, 4.69) is 15.0 Å². The van der Waals surface area contributed by atoms with Gasteiger partial charge in [0, 0.05) is 33.8 Å². The van der Waals surface area contributed by atoms with Gasteiger partial charge in [0.05, 0.1) is 11.1 Å². The number of rotatable bonds is 3. The minimum atomic E-state index is -4.44. The number of nitrogens with zero attached hydrogens (tertiary/aromatic N) is 2. The third kappa shape index (κ3) is 3.65. The summed E-state index contributed by atoms with van der Waals surface area (Å²) in [5.41, 5.74) is 0.547. The Morgan fingerprint density at radius 2 is 1.93 bits per heavy atom. The first-order chi connectivity index (χ1) is 13.3. The van der Waals surface area contributed by atoms with Gasteiger partial charge in [-0.3, -0.25) is 9.78 Å². The molecule has 0 aliphatic rings. The molecule has 0 fully saturated rings. The highest BCUT2D eigenvalue weighted by atomic mass is 35.5. The molecule has 0 unspecified atom stereocenters. The highest BCUT2D eigenvalue weighted by molar-refractivity contribution is 7.22. The van der Waals surface area contributed by atoms with Crippen molar-refractivity contribution in [2.24, 2.45) is 0 Å². The Morgan fingerprint density at radius 3 is 2.61 bits per heavy atom. The van der Waals surface area contributed by atoms with E-state index in [0.29, 0.717) is 26.8 Å². The number of pyridine rings is 1. The van der Waals surface area contributed by atoms with Crippen molar-refractivity contribution in [2.75, 3.05) is 0 Å². The minimum Gasteiger partial charge on any atom is -0.309 e. The first-order valence-corrected chi connectivity index (χ1v) is 9.30. The lowest BCUT2D eigenvalue weighted by Crippen LogP contribution is -2.11. The SMILES string of the molecule is O=c1[nH]c(Cc2ccc(C(F)(F)F)cn2)nc2cc(-c3ccccc3Cl)sc12. The van der Waals surface area contributed by atoms with Gasteiger partial charge in [0.25, 0.3) is 5.56 Å². The van der Waals surface area contributed by atoms with Crippen LogP contribution in [0, 0.1) is 0 Å². The van der Waals surface area contributed by atoms with Crippen LogP contribution in [0.5, 0.6) is 0 Å². The van der Waals surface area contributed by atoms with Crippen LogP contribution in [0.15, 0.2) is 53.5 Å². The summed E-state index contributed by atoms with van der Waals surface area (Å²) in [7, 11) is 0. The highest BCUT2D eigenvalue weighted by Gasteiger charge is 2.30. The van der Waals surface area contributed by atoms with Crippen LogP contribution >= 0.6 is 22.9 Å². The number of aromatic amines is 1. The number of nitrogens with one attached hydrogen (secondary N) is 1. The average molecular weight is 422 g/mol. The van der Waals surface area contributed by atoms with Crippen LogP contribution in [0.1, 0.15) is 17.1 Å². The number of fused-ring (bicyclic) bond motifs is 1. The van der Waals surface area contributed by atoms with Gasteiger partial charge in [-0.2, -0.15) is 13.2 Å². The quantitative estimate of drug-likeness (QED) is 0.487. The number of aromatic nitrogens is 3. The van der Waals surface area contributed by atoms with Gasteiger partial charge < -0.3 is 4.98 Å². The lowest BCUT2D eigenvalue weighted by molar-refractivity contribution is -0.137. The molecule has 9 heteroatoms. The molecule has 0 saturated carbocycles. The second-order valence-electron chi connectivity index (χ2n) is 6.03. The number of thiophene rings is 1. The monoisotopic (exact) mass is 421 g/mol. The smallest absolute Gasteiger partial charge is 0.309 e. The topological polar surface area (TPSA) is 58.6 Å². The Bertz CT molecular complexity index is 1220. The van der Waals surface area contributed by atoms with Crippen molar-refractivity contribution < 1.29 is 13.2 Å². The molecule has 0 radical (unpaired) electrons. The van der Waals surface area contributed by atoms with Gasteiger partial charge in [0.2, 0.25) is 0 Å². The summed E-state index contributed by atoms with van der Waals surface area (Å²) in [6, 6.07) is 11.3. The first-order valence-electron chi connectivity index (χ1n) is 8.11. The van der Waals surface area contributed by atoms with Gasteiger partial charge in [-0.25, -0.2) is 4.98 Å². The van der Waals surface area contributed by atoms with Crippen molar-refractivity contribution in [1.82, 2.24) is 15.0 Å². The van der Waals surface area contributed by atoms with Gasteiger partial charge in [-0.1, -0.05) is 29.8 Å². The van der Waals surface area contributed by atoms with E-state index in [1.165, 1.54) is 17.4 Å². The van der Waals surface area contributed by atoms with Gasteiger partial charge in [0.1, 0.15) is 10.5 Å². The largest absolute Gasteiger partial charge is 0.417 e. The summed E-state index contributed by atoms with van der Waals surface area (Å²) >= 11 is 7.50. The van der Waals surface area contributed by atoms with E-state index in [9.17, 15) is 18.0 Å². The number of alkyl halides is 3. The summed E-state index contributed by atoms with van der Waals surface area (Å²) < 4.78 is 38.4. The maximum atomic E-state index is 12.6. The van der Waals surface area contributed by atoms with Gasteiger partial charge >= 0.3 is 6.18 Å². The van der Waals surface area contributed by atoms with Crippen LogP contribution in [0.25, 0.3) is 20.7 Å². The molecule has 3 aromatic heterocycles. The fourth-order valence-electron chi connectivity index (χ4n) is 2.73. The summed E-state index contributed by atoms with van der Waals surface area (Å²) in [5, 5.41) is 0.569. The molecule has 0 spiro atoms. The predicted octanol–water partition coefficient (Wildman–Crippen LogP) is 5.31. The molecular formula is C19H11ClF3N3OS. The molecule has 4 rings (SSSR count). The van der Waals surface area contributed by atoms with Crippen LogP contribution in [-0.4, -0.2) is 15.0 Å². The molecule has 1 N–H and O–H groups in total. The van der Waals surface area contributed by atoms with Crippen LogP contribution in [0.3, 0.4) is 0 Å². The van der Waals surface area contributed by atoms with Crippen LogP contribution in [-0.2, 0) is 12.6 Å². The first kappa shape index (κ1) is 18.6. The second kappa shape index (κ2) is 7.03. The van der Waals surface area contributed by atoms with Crippen LogP contribution in [0.4, 0.5) is 13.2 Å². The fraction of sp³-hybridized carbons (Fsp3) is 0.105. The number of hydrogen-bond acceptors (Lipinski definition) is 4. The molecule has 0 aliphatic heterocycles. The molecule has 1 aromatic carbocycles. The van der Waals surface area contributed by atoms with Gasteiger partial charge in [-0.15, -0.1) is 11.3 Å². The number of hydrogen-bond donors (Lipinski definition) is 1. The Balaban J connectivity index is 1.68. The standard InChI is InChI=1S/C19H11ClF3N3OS/c20-13-4-2-1-3-12(13)15-8-14-17(28-15)18(27)26-16(25-14)7-11-6-5-10(9-24-11)19(21,22)23/h1-6,8-9H,7H2,(H,25,26,27).